The minimum Gasteiger partial charge on any atom is -0.355 e. The van der Waals surface area contributed by atoms with Crippen molar-refractivity contribution in [3.05, 3.63) is 35.9 Å². The summed E-state index contributed by atoms with van der Waals surface area (Å²) in [6.45, 7) is 2.41. The molecular formula is C16H20N2O2. The van der Waals surface area contributed by atoms with Crippen LogP contribution in [-0.4, -0.2) is 18.2 Å². The third-order valence-corrected chi connectivity index (χ3v) is 2.99. The quantitative estimate of drug-likeness (QED) is 0.738. The zero-order valence-corrected chi connectivity index (χ0v) is 11.8. The minimum atomic E-state index is -1.17. The number of hydrogen-bond acceptors (Lipinski definition) is 3. The van der Waals surface area contributed by atoms with Gasteiger partial charge in [-0.1, -0.05) is 37.3 Å². The highest BCUT2D eigenvalue weighted by atomic mass is 16.2. The Labute approximate surface area is 119 Å². The van der Waals surface area contributed by atoms with E-state index in [2.05, 4.69) is 5.32 Å². The number of rotatable bonds is 8. The van der Waals surface area contributed by atoms with Crippen LogP contribution in [0.25, 0.3) is 0 Å². The fourth-order valence-electron chi connectivity index (χ4n) is 1.88. The Kier molecular flexibility index (Phi) is 7.05. The standard InChI is InChI=1S/C16H20N2O2/c1-2-11-18-16(20)14(12-17)15(19)10-6-9-13-7-4-3-5-8-13/h3-5,7-8,14H,2,6,9-11H2,1H3,(H,18,20). The Morgan fingerprint density at radius 2 is 2.00 bits per heavy atom. The molecule has 0 aliphatic carbocycles. The first kappa shape index (κ1) is 15.9. The number of carbonyl (C=O) groups excluding carboxylic acids is 2. The van der Waals surface area contributed by atoms with E-state index in [9.17, 15) is 9.59 Å². The molecule has 1 unspecified atom stereocenters. The van der Waals surface area contributed by atoms with Crippen molar-refractivity contribution in [3.63, 3.8) is 0 Å². The van der Waals surface area contributed by atoms with Gasteiger partial charge in [0.2, 0.25) is 5.91 Å². The first-order valence-electron chi connectivity index (χ1n) is 6.93. The summed E-state index contributed by atoms with van der Waals surface area (Å²) >= 11 is 0. The van der Waals surface area contributed by atoms with Gasteiger partial charge in [-0.2, -0.15) is 5.26 Å². The highest BCUT2D eigenvalue weighted by Crippen LogP contribution is 2.08. The molecule has 1 aromatic carbocycles. The molecule has 4 nitrogen and oxygen atoms in total. The Morgan fingerprint density at radius 1 is 1.30 bits per heavy atom. The summed E-state index contributed by atoms with van der Waals surface area (Å²) in [4.78, 5) is 23.5. The van der Waals surface area contributed by atoms with Gasteiger partial charge in [-0.25, -0.2) is 0 Å². The molecule has 0 bridgehead atoms. The van der Waals surface area contributed by atoms with E-state index >= 15 is 0 Å². The smallest absolute Gasteiger partial charge is 0.244 e. The van der Waals surface area contributed by atoms with Crippen LogP contribution in [0.5, 0.6) is 0 Å². The number of amides is 1. The topological polar surface area (TPSA) is 70.0 Å². The van der Waals surface area contributed by atoms with Crippen molar-refractivity contribution in [2.75, 3.05) is 6.54 Å². The van der Waals surface area contributed by atoms with Crippen molar-refractivity contribution < 1.29 is 9.59 Å². The summed E-state index contributed by atoms with van der Waals surface area (Å²) < 4.78 is 0. The maximum Gasteiger partial charge on any atom is 0.244 e. The number of carbonyl (C=O) groups is 2. The Bertz CT molecular complexity index is 477. The first-order valence-corrected chi connectivity index (χ1v) is 6.93. The molecule has 0 fully saturated rings. The van der Waals surface area contributed by atoms with Crippen LogP contribution in [-0.2, 0) is 16.0 Å². The van der Waals surface area contributed by atoms with Gasteiger partial charge in [-0.05, 0) is 24.8 Å². The summed E-state index contributed by atoms with van der Waals surface area (Å²) in [5, 5.41) is 11.5. The Hall–Kier alpha value is -2.15. The highest BCUT2D eigenvalue weighted by molar-refractivity contribution is 6.03. The highest BCUT2D eigenvalue weighted by Gasteiger charge is 2.25. The average molecular weight is 272 g/mol. The molecule has 0 aromatic heterocycles. The van der Waals surface area contributed by atoms with Crippen LogP contribution in [0.1, 0.15) is 31.7 Å². The van der Waals surface area contributed by atoms with Crippen molar-refractivity contribution in [2.24, 2.45) is 5.92 Å². The second-order valence-electron chi connectivity index (χ2n) is 4.66. The number of ketones is 1. The van der Waals surface area contributed by atoms with Gasteiger partial charge in [0.05, 0.1) is 6.07 Å². The van der Waals surface area contributed by atoms with E-state index in [-0.39, 0.29) is 12.2 Å². The van der Waals surface area contributed by atoms with Crippen molar-refractivity contribution in [3.8, 4) is 6.07 Å². The van der Waals surface area contributed by atoms with E-state index in [0.717, 1.165) is 18.4 Å². The molecule has 0 heterocycles. The van der Waals surface area contributed by atoms with Crippen molar-refractivity contribution >= 4 is 11.7 Å². The van der Waals surface area contributed by atoms with Gasteiger partial charge in [0, 0.05) is 13.0 Å². The van der Waals surface area contributed by atoms with Gasteiger partial charge < -0.3 is 5.32 Å². The monoisotopic (exact) mass is 272 g/mol. The van der Waals surface area contributed by atoms with E-state index in [4.69, 9.17) is 5.26 Å². The zero-order valence-electron chi connectivity index (χ0n) is 11.8. The Balaban J connectivity index is 2.40. The predicted octanol–water partition coefficient (Wildman–Crippen LogP) is 2.24. The molecule has 0 aliphatic rings. The average Bonchev–Trinajstić information content (AvgIpc) is 2.47. The summed E-state index contributed by atoms with van der Waals surface area (Å²) in [5.74, 6) is -1.94. The summed E-state index contributed by atoms with van der Waals surface area (Å²) in [7, 11) is 0. The van der Waals surface area contributed by atoms with E-state index in [1.807, 2.05) is 37.3 Å². The lowest BCUT2D eigenvalue weighted by molar-refractivity contribution is -0.131. The molecular weight excluding hydrogens is 252 g/mol. The molecule has 0 spiro atoms. The molecule has 0 radical (unpaired) electrons. The molecule has 0 aliphatic heterocycles. The SMILES string of the molecule is CCCNC(=O)C(C#N)C(=O)CCCc1ccccc1. The van der Waals surface area contributed by atoms with Gasteiger partial charge in [-0.15, -0.1) is 0 Å². The molecule has 0 saturated heterocycles. The van der Waals surface area contributed by atoms with Crippen LogP contribution >= 0.6 is 0 Å². The van der Waals surface area contributed by atoms with Crippen molar-refractivity contribution in [1.29, 1.82) is 5.26 Å². The lowest BCUT2D eigenvalue weighted by atomic mass is 9.98. The predicted molar refractivity (Wildman–Crippen MR) is 76.8 cm³/mol. The fraction of sp³-hybridized carbons (Fsp3) is 0.438. The van der Waals surface area contributed by atoms with Gasteiger partial charge in [0.15, 0.2) is 11.7 Å². The third kappa shape index (κ3) is 5.23. The summed E-state index contributed by atoms with van der Waals surface area (Å²) in [6, 6.07) is 11.6. The van der Waals surface area contributed by atoms with Gasteiger partial charge in [-0.3, -0.25) is 9.59 Å². The lowest BCUT2D eigenvalue weighted by Crippen LogP contribution is -2.35. The van der Waals surface area contributed by atoms with Crippen LogP contribution in [0.3, 0.4) is 0 Å². The zero-order chi connectivity index (χ0) is 14.8. The second kappa shape index (κ2) is 8.87. The first-order chi connectivity index (χ1) is 9.69. The largest absolute Gasteiger partial charge is 0.355 e. The number of nitrogens with zero attached hydrogens (tertiary/aromatic N) is 1. The molecule has 1 rings (SSSR count). The molecule has 1 N–H and O–H groups in total. The number of hydrogen-bond donors (Lipinski definition) is 1. The van der Waals surface area contributed by atoms with Gasteiger partial charge in [0.25, 0.3) is 0 Å². The second-order valence-corrected chi connectivity index (χ2v) is 4.66. The maximum absolute atomic E-state index is 11.9. The van der Waals surface area contributed by atoms with Crippen LogP contribution in [0.2, 0.25) is 0 Å². The number of nitrogens with one attached hydrogen (secondary N) is 1. The number of benzene rings is 1. The third-order valence-electron chi connectivity index (χ3n) is 2.99. The van der Waals surface area contributed by atoms with Crippen LogP contribution in [0, 0.1) is 17.2 Å². The normalized spacial score (nSPS) is 11.4. The van der Waals surface area contributed by atoms with Crippen molar-refractivity contribution in [1.82, 2.24) is 5.32 Å². The minimum absolute atomic E-state index is 0.257. The van der Waals surface area contributed by atoms with Gasteiger partial charge >= 0.3 is 0 Å². The van der Waals surface area contributed by atoms with Crippen molar-refractivity contribution in [2.45, 2.75) is 32.6 Å². The maximum atomic E-state index is 11.9. The number of Topliss-reactive ketones (excluding diaryl/α,β-unsaturated/α-hetero) is 1. The lowest BCUT2D eigenvalue weighted by Gasteiger charge is -2.08. The van der Waals surface area contributed by atoms with E-state index < -0.39 is 11.8 Å². The molecule has 20 heavy (non-hydrogen) atoms. The number of nitriles is 1. The molecule has 4 heteroatoms. The molecule has 1 amide bonds. The van der Waals surface area contributed by atoms with Gasteiger partial charge in [0.1, 0.15) is 0 Å². The summed E-state index contributed by atoms with van der Waals surface area (Å²) in [5.41, 5.74) is 1.16. The Morgan fingerprint density at radius 3 is 2.60 bits per heavy atom. The molecule has 1 aromatic rings. The summed E-state index contributed by atoms with van der Waals surface area (Å²) in [6.07, 6.45) is 2.47. The van der Waals surface area contributed by atoms with Crippen LogP contribution in [0.15, 0.2) is 30.3 Å². The van der Waals surface area contributed by atoms with Crippen LogP contribution in [0.4, 0.5) is 0 Å². The molecule has 106 valence electrons. The number of aryl methyl sites for hydroxylation is 1. The molecule has 1 atom stereocenters. The fourth-order valence-corrected chi connectivity index (χ4v) is 1.88. The van der Waals surface area contributed by atoms with E-state index in [1.54, 1.807) is 6.07 Å². The van der Waals surface area contributed by atoms with Crippen LogP contribution < -0.4 is 5.32 Å². The molecule has 0 saturated carbocycles. The van der Waals surface area contributed by atoms with E-state index in [1.165, 1.54) is 0 Å². The van der Waals surface area contributed by atoms with E-state index in [0.29, 0.717) is 13.0 Å².